The highest BCUT2D eigenvalue weighted by Crippen LogP contribution is 2.43. The zero-order valence-electron chi connectivity index (χ0n) is 28.5. The molecule has 260 valence electrons. The summed E-state index contributed by atoms with van der Waals surface area (Å²) >= 11 is 8.11. The van der Waals surface area contributed by atoms with E-state index in [1.54, 1.807) is 4.90 Å². The van der Waals surface area contributed by atoms with Crippen LogP contribution >= 0.6 is 22.9 Å². The zero-order chi connectivity index (χ0) is 34.7. The smallest absolute Gasteiger partial charge is 0.255 e. The summed E-state index contributed by atoms with van der Waals surface area (Å²) in [6.45, 7) is 12.4. The van der Waals surface area contributed by atoms with Gasteiger partial charge in [0.1, 0.15) is 16.9 Å². The van der Waals surface area contributed by atoms with Gasteiger partial charge in [-0.05, 0) is 74.1 Å². The van der Waals surface area contributed by atoms with Crippen LogP contribution in [-0.4, -0.2) is 86.0 Å². The van der Waals surface area contributed by atoms with Crippen LogP contribution in [0.25, 0.3) is 5.00 Å². The van der Waals surface area contributed by atoms with E-state index in [2.05, 4.69) is 62.1 Å². The maximum Gasteiger partial charge on any atom is 0.255 e. The molecule has 4 aliphatic rings. The van der Waals surface area contributed by atoms with Gasteiger partial charge in [0.05, 0.1) is 12.1 Å². The molecule has 4 aromatic rings. The molecule has 8 rings (SSSR count). The Bertz CT molecular complexity index is 1980. The van der Waals surface area contributed by atoms with E-state index in [1.165, 1.54) is 32.1 Å². The summed E-state index contributed by atoms with van der Waals surface area (Å²) in [5.74, 6) is 1.08. The van der Waals surface area contributed by atoms with Crippen molar-refractivity contribution >= 4 is 40.7 Å². The maximum atomic E-state index is 13.1. The first-order valence-electron chi connectivity index (χ1n) is 17.4. The number of aryl methyl sites for hydroxylation is 2. The molecule has 2 unspecified atom stereocenters. The highest BCUT2D eigenvalue weighted by atomic mass is 35.5. The van der Waals surface area contributed by atoms with Crippen molar-refractivity contribution in [1.29, 1.82) is 0 Å². The van der Waals surface area contributed by atoms with Gasteiger partial charge in [-0.2, -0.15) is 0 Å². The average Bonchev–Trinajstić information content (AvgIpc) is 3.70. The Morgan fingerprint density at radius 2 is 1.72 bits per heavy atom. The lowest BCUT2D eigenvalue weighted by Gasteiger charge is -2.35. The van der Waals surface area contributed by atoms with Gasteiger partial charge in [-0.3, -0.25) is 34.5 Å². The van der Waals surface area contributed by atoms with Crippen LogP contribution in [0, 0.1) is 20.8 Å². The molecular weight excluding hydrogens is 672 g/mol. The van der Waals surface area contributed by atoms with E-state index in [9.17, 15) is 14.4 Å². The Morgan fingerprint density at radius 3 is 2.48 bits per heavy atom. The Labute approximate surface area is 300 Å². The van der Waals surface area contributed by atoms with E-state index in [0.29, 0.717) is 18.5 Å². The third kappa shape index (κ3) is 6.06. The van der Waals surface area contributed by atoms with Gasteiger partial charge >= 0.3 is 0 Å². The van der Waals surface area contributed by atoms with Crippen LogP contribution in [0.15, 0.2) is 42.5 Å². The molecule has 3 atom stereocenters. The fourth-order valence-electron chi connectivity index (χ4n) is 7.94. The Balaban J connectivity index is 0.915. The van der Waals surface area contributed by atoms with E-state index in [1.807, 2.05) is 42.5 Å². The Kier molecular flexibility index (Phi) is 8.84. The number of halogens is 1. The Hall–Kier alpha value is -3.94. The second kappa shape index (κ2) is 13.3. The van der Waals surface area contributed by atoms with Crippen LogP contribution in [0.5, 0.6) is 0 Å². The number of hydrogen-bond donors (Lipinski definition) is 2. The van der Waals surface area contributed by atoms with Gasteiger partial charge in [-0.15, -0.1) is 21.5 Å². The summed E-state index contributed by atoms with van der Waals surface area (Å²) in [5, 5.41) is 17.6. The van der Waals surface area contributed by atoms with Crippen molar-refractivity contribution in [3.8, 4) is 5.00 Å². The first kappa shape index (κ1) is 33.2. The molecule has 2 fully saturated rings. The van der Waals surface area contributed by atoms with Crippen molar-refractivity contribution in [2.45, 2.75) is 71.2 Å². The van der Waals surface area contributed by atoms with Crippen molar-refractivity contribution in [3.05, 3.63) is 97.4 Å². The van der Waals surface area contributed by atoms with E-state index in [0.717, 1.165) is 67.9 Å². The van der Waals surface area contributed by atoms with Crippen LogP contribution in [-0.2, 0) is 22.7 Å². The van der Waals surface area contributed by atoms with Crippen LogP contribution in [0.4, 0.5) is 0 Å². The lowest BCUT2D eigenvalue weighted by Crippen LogP contribution is -2.52. The molecule has 2 N–H and O–H groups in total. The van der Waals surface area contributed by atoms with Crippen molar-refractivity contribution in [3.63, 3.8) is 0 Å². The minimum absolute atomic E-state index is 0.00822. The largest absolute Gasteiger partial charge is 0.322 e. The fraction of sp³-hybridized carbons (Fsp3) is 0.432. The number of carbonyl (C=O) groups is 3. The van der Waals surface area contributed by atoms with Crippen molar-refractivity contribution in [2.24, 2.45) is 0 Å². The summed E-state index contributed by atoms with van der Waals surface area (Å²) in [4.78, 5) is 45.1. The van der Waals surface area contributed by atoms with E-state index in [-0.39, 0.29) is 36.2 Å². The number of imide groups is 1. The number of amides is 3. The number of fused-ring (bicyclic) bond motifs is 4. The third-order valence-corrected chi connectivity index (χ3v) is 12.3. The molecule has 11 nitrogen and oxygen atoms in total. The average molecular weight is 713 g/mol. The number of piperazine rings is 1. The second-order valence-electron chi connectivity index (χ2n) is 13.9. The monoisotopic (exact) mass is 712 g/mol. The molecule has 0 saturated carbocycles. The molecule has 50 heavy (non-hydrogen) atoms. The second-order valence-corrected chi connectivity index (χ2v) is 15.6. The molecule has 2 saturated heterocycles. The van der Waals surface area contributed by atoms with Gasteiger partial charge in [-0.25, -0.2) is 0 Å². The summed E-state index contributed by atoms with van der Waals surface area (Å²) in [6, 6.07) is 13.7. The maximum absolute atomic E-state index is 13.1. The molecule has 2 aromatic heterocycles. The lowest BCUT2D eigenvalue weighted by molar-refractivity contribution is -0.136. The first-order valence-corrected chi connectivity index (χ1v) is 18.6. The molecular formula is C37H41ClN8O3S. The number of thiophene rings is 1. The standard InChI is InChI=1S/C37H41ClN8O3S/c1-21-22(2)50-37-32(21)33(25-5-7-27(38)8-6-25)39-29(34-42-41-23(3)46(34)37)12-13-43-14-16-44(17-15-43)19-24-4-9-28-26(18-24)20-45(36(28)49)30-10-11-31(47)40-35(30)48/h4-9,18,29-30,33,39H,10-17,19-20H2,1-3H3,(H,40,47,48)/t29?,30?,33-/m0/s1. The molecule has 4 aliphatic heterocycles. The number of carbonyl (C=O) groups excluding carboxylic acids is 3. The topological polar surface area (TPSA) is 116 Å². The van der Waals surface area contributed by atoms with Gasteiger partial charge < -0.3 is 9.80 Å². The number of benzene rings is 2. The van der Waals surface area contributed by atoms with Gasteiger partial charge in [-0.1, -0.05) is 35.9 Å². The third-order valence-electron chi connectivity index (χ3n) is 10.8. The summed E-state index contributed by atoms with van der Waals surface area (Å²) in [5.41, 5.74) is 6.54. The summed E-state index contributed by atoms with van der Waals surface area (Å²) < 4.78 is 2.26. The van der Waals surface area contributed by atoms with Crippen molar-refractivity contribution < 1.29 is 14.4 Å². The summed E-state index contributed by atoms with van der Waals surface area (Å²) in [7, 11) is 0. The zero-order valence-corrected chi connectivity index (χ0v) is 30.1. The van der Waals surface area contributed by atoms with Crippen molar-refractivity contribution in [2.75, 3.05) is 32.7 Å². The highest BCUT2D eigenvalue weighted by Gasteiger charge is 2.39. The quantitative estimate of drug-likeness (QED) is 0.267. The van der Waals surface area contributed by atoms with E-state index >= 15 is 0 Å². The van der Waals surface area contributed by atoms with Crippen LogP contribution < -0.4 is 10.6 Å². The van der Waals surface area contributed by atoms with Crippen LogP contribution in [0.2, 0.25) is 5.02 Å². The van der Waals surface area contributed by atoms with E-state index in [4.69, 9.17) is 16.7 Å². The molecule has 0 bridgehead atoms. The first-order chi connectivity index (χ1) is 24.1. The molecule has 0 aliphatic carbocycles. The van der Waals surface area contributed by atoms with Crippen LogP contribution in [0.3, 0.4) is 0 Å². The lowest BCUT2D eigenvalue weighted by atomic mass is 9.96. The SMILES string of the molecule is Cc1sc2c(c1C)[C@H](c1ccc(Cl)cc1)NC(CCN1CCN(Cc3ccc4c(c3)CN(C3CCC(=O)NC3=O)C4=O)CC1)c1nnc(C)n1-2. The molecule has 3 amide bonds. The minimum Gasteiger partial charge on any atom is -0.322 e. The molecule has 0 spiro atoms. The number of rotatable bonds is 7. The normalized spacial score (nSPS) is 22.7. The number of piperidine rings is 1. The van der Waals surface area contributed by atoms with E-state index < -0.39 is 6.04 Å². The number of nitrogens with one attached hydrogen (secondary N) is 2. The molecule has 6 heterocycles. The Morgan fingerprint density at radius 1 is 0.960 bits per heavy atom. The van der Waals surface area contributed by atoms with Gasteiger partial charge in [0.15, 0.2) is 5.82 Å². The van der Waals surface area contributed by atoms with Crippen molar-refractivity contribution in [1.82, 2.24) is 40.1 Å². The van der Waals surface area contributed by atoms with Gasteiger partial charge in [0.25, 0.3) is 5.91 Å². The summed E-state index contributed by atoms with van der Waals surface area (Å²) in [6.07, 6.45) is 1.53. The fourth-order valence-corrected chi connectivity index (χ4v) is 9.32. The molecule has 2 aromatic carbocycles. The van der Waals surface area contributed by atoms with Gasteiger partial charge in [0, 0.05) is 73.3 Å². The molecule has 13 heteroatoms. The highest BCUT2D eigenvalue weighted by molar-refractivity contribution is 7.14. The van der Waals surface area contributed by atoms with Crippen LogP contribution in [0.1, 0.15) is 86.0 Å². The van der Waals surface area contributed by atoms with Gasteiger partial charge in [0.2, 0.25) is 11.8 Å². The number of hydrogen-bond acceptors (Lipinski definition) is 9. The number of aromatic nitrogens is 3. The molecule has 0 radical (unpaired) electrons. The predicted octanol–water partition coefficient (Wildman–Crippen LogP) is 4.61. The number of nitrogens with zero attached hydrogens (tertiary/aromatic N) is 6. The minimum atomic E-state index is -0.595. The predicted molar refractivity (Wildman–Crippen MR) is 191 cm³/mol.